The fourth-order valence-electron chi connectivity index (χ4n) is 1.17. The minimum atomic E-state index is -0.332. The van der Waals surface area contributed by atoms with Crippen molar-refractivity contribution < 1.29 is 4.79 Å². The van der Waals surface area contributed by atoms with Crippen molar-refractivity contribution in [3.05, 3.63) is 22.4 Å². The van der Waals surface area contributed by atoms with E-state index in [2.05, 4.69) is 5.32 Å². The second-order valence-electron chi connectivity index (χ2n) is 4.36. The number of nitrogens with one attached hydrogen (secondary N) is 1. The summed E-state index contributed by atoms with van der Waals surface area (Å²) in [6.45, 7) is 6.19. The highest BCUT2D eigenvalue weighted by Gasteiger charge is 2.22. The minimum Gasteiger partial charge on any atom is -0.349 e. The summed E-state index contributed by atoms with van der Waals surface area (Å²) in [5.74, 6) is -0.0778. The summed E-state index contributed by atoms with van der Waals surface area (Å²) in [4.78, 5) is 11.9. The number of nitrogens with two attached hydrogens (primary N) is 1. The van der Waals surface area contributed by atoms with Crippen molar-refractivity contribution >= 4 is 29.7 Å². The highest BCUT2D eigenvalue weighted by atomic mass is 35.5. The lowest BCUT2D eigenvalue weighted by molar-refractivity contribution is -0.123. The van der Waals surface area contributed by atoms with Crippen LogP contribution in [0.4, 0.5) is 0 Å². The zero-order chi connectivity index (χ0) is 11.5. The topological polar surface area (TPSA) is 55.1 Å². The van der Waals surface area contributed by atoms with Crippen LogP contribution < -0.4 is 11.1 Å². The molecule has 92 valence electrons. The molecule has 1 amide bonds. The summed E-state index contributed by atoms with van der Waals surface area (Å²) < 4.78 is 0. The molecule has 0 spiro atoms. The molecule has 1 heterocycles. The van der Waals surface area contributed by atoms with Crippen LogP contribution in [0.1, 0.15) is 32.3 Å². The predicted molar refractivity (Wildman–Crippen MR) is 71.3 cm³/mol. The number of hydrogen-bond acceptors (Lipinski definition) is 3. The highest BCUT2D eigenvalue weighted by molar-refractivity contribution is 7.08. The van der Waals surface area contributed by atoms with Crippen molar-refractivity contribution in [1.82, 2.24) is 5.32 Å². The quantitative estimate of drug-likeness (QED) is 0.873. The molecule has 1 unspecified atom stereocenters. The summed E-state index contributed by atoms with van der Waals surface area (Å²) in [7, 11) is 0. The van der Waals surface area contributed by atoms with E-state index in [1.807, 2.05) is 37.6 Å². The summed E-state index contributed by atoms with van der Waals surface area (Å²) in [6.07, 6.45) is 0. The Kier molecular flexibility index (Phi) is 6.00. The lowest BCUT2D eigenvalue weighted by Crippen LogP contribution is -2.50. The third-order valence-electron chi connectivity index (χ3n) is 2.41. The maximum atomic E-state index is 11.9. The zero-order valence-corrected chi connectivity index (χ0v) is 11.5. The van der Waals surface area contributed by atoms with Gasteiger partial charge in [-0.05, 0) is 43.2 Å². The fraction of sp³-hybridized carbons (Fsp3) is 0.545. The Balaban J connectivity index is 0.00000225. The number of halogens is 1. The molecule has 0 saturated carbocycles. The standard InChI is InChI=1S/C11H18N2OS.ClH/c1-8(9-4-5-15-6-9)10(14)13-11(2,3)7-12;/h4-6,8H,7,12H2,1-3H3,(H,13,14);1H. The van der Waals surface area contributed by atoms with Crippen LogP contribution in [0, 0.1) is 0 Å². The van der Waals surface area contributed by atoms with Crippen LogP contribution in [-0.4, -0.2) is 18.0 Å². The van der Waals surface area contributed by atoms with E-state index in [4.69, 9.17) is 5.73 Å². The Morgan fingerprint density at radius 1 is 1.62 bits per heavy atom. The molecule has 16 heavy (non-hydrogen) atoms. The van der Waals surface area contributed by atoms with E-state index in [9.17, 15) is 4.79 Å². The van der Waals surface area contributed by atoms with Gasteiger partial charge in [0.1, 0.15) is 0 Å². The second kappa shape index (κ2) is 6.23. The molecule has 3 nitrogen and oxygen atoms in total. The first kappa shape index (κ1) is 15.4. The fourth-order valence-corrected chi connectivity index (χ4v) is 1.92. The van der Waals surface area contributed by atoms with Gasteiger partial charge in [-0.3, -0.25) is 4.79 Å². The second-order valence-corrected chi connectivity index (χ2v) is 5.14. The van der Waals surface area contributed by atoms with Crippen LogP contribution in [0.25, 0.3) is 0 Å². The van der Waals surface area contributed by atoms with E-state index in [0.717, 1.165) is 5.56 Å². The number of rotatable bonds is 4. The summed E-state index contributed by atoms with van der Waals surface area (Å²) in [5.41, 5.74) is 6.29. The van der Waals surface area contributed by atoms with E-state index in [1.165, 1.54) is 0 Å². The first-order chi connectivity index (χ1) is 6.96. The summed E-state index contributed by atoms with van der Waals surface area (Å²) in [5, 5.41) is 6.91. The van der Waals surface area contributed by atoms with Crippen LogP contribution in [-0.2, 0) is 4.79 Å². The van der Waals surface area contributed by atoms with Crippen LogP contribution >= 0.6 is 23.7 Å². The lowest BCUT2D eigenvalue weighted by Gasteiger charge is -2.26. The number of carbonyl (C=O) groups excluding carboxylic acids is 1. The molecule has 0 bridgehead atoms. The largest absolute Gasteiger partial charge is 0.349 e. The average molecular weight is 263 g/mol. The molecule has 0 radical (unpaired) electrons. The Bertz CT molecular complexity index is 325. The number of hydrogen-bond donors (Lipinski definition) is 2. The molecule has 0 saturated heterocycles. The van der Waals surface area contributed by atoms with Crippen LogP contribution in [0.15, 0.2) is 16.8 Å². The number of carbonyl (C=O) groups is 1. The van der Waals surface area contributed by atoms with Crippen LogP contribution in [0.2, 0.25) is 0 Å². The molecule has 0 aliphatic heterocycles. The van der Waals surface area contributed by atoms with Gasteiger partial charge in [0.15, 0.2) is 0 Å². The highest BCUT2D eigenvalue weighted by Crippen LogP contribution is 2.19. The van der Waals surface area contributed by atoms with Gasteiger partial charge in [-0.1, -0.05) is 0 Å². The van der Waals surface area contributed by atoms with E-state index in [-0.39, 0.29) is 29.8 Å². The van der Waals surface area contributed by atoms with E-state index >= 15 is 0 Å². The first-order valence-corrected chi connectivity index (χ1v) is 5.95. The third-order valence-corrected chi connectivity index (χ3v) is 3.11. The van der Waals surface area contributed by atoms with Gasteiger partial charge in [-0.25, -0.2) is 0 Å². The molecule has 1 aromatic heterocycles. The van der Waals surface area contributed by atoms with Crippen LogP contribution in [0.3, 0.4) is 0 Å². The van der Waals surface area contributed by atoms with Crippen molar-refractivity contribution in [1.29, 1.82) is 0 Å². The van der Waals surface area contributed by atoms with Gasteiger partial charge in [0.05, 0.1) is 5.92 Å². The van der Waals surface area contributed by atoms with Crippen molar-refractivity contribution in [2.24, 2.45) is 5.73 Å². The Morgan fingerprint density at radius 2 is 2.25 bits per heavy atom. The molecule has 0 aromatic carbocycles. The van der Waals surface area contributed by atoms with Crippen LogP contribution in [0.5, 0.6) is 0 Å². The number of amides is 1. The van der Waals surface area contributed by atoms with E-state index in [0.29, 0.717) is 6.54 Å². The third kappa shape index (κ3) is 4.12. The first-order valence-electron chi connectivity index (χ1n) is 5.00. The lowest BCUT2D eigenvalue weighted by atomic mass is 10.0. The van der Waals surface area contributed by atoms with Gasteiger partial charge in [0, 0.05) is 12.1 Å². The smallest absolute Gasteiger partial charge is 0.227 e. The molecule has 0 aliphatic carbocycles. The normalized spacial score (nSPS) is 12.8. The van der Waals surface area contributed by atoms with E-state index in [1.54, 1.807) is 11.3 Å². The summed E-state index contributed by atoms with van der Waals surface area (Å²) >= 11 is 1.60. The van der Waals surface area contributed by atoms with Gasteiger partial charge in [-0.2, -0.15) is 11.3 Å². The SMILES string of the molecule is CC(C(=O)NC(C)(C)CN)c1ccsc1.Cl. The van der Waals surface area contributed by atoms with Gasteiger partial charge in [-0.15, -0.1) is 12.4 Å². The molecule has 3 N–H and O–H groups in total. The summed E-state index contributed by atoms with van der Waals surface area (Å²) in [6, 6.07) is 1.98. The Morgan fingerprint density at radius 3 is 2.69 bits per heavy atom. The molecule has 0 aliphatic rings. The molecular weight excluding hydrogens is 244 g/mol. The maximum Gasteiger partial charge on any atom is 0.227 e. The van der Waals surface area contributed by atoms with Crippen molar-refractivity contribution in [3.8, 4) is 0 Å². The predicted octanol–water partition coefficient (Wildman–Crippen LogP) is 2.13. The molecular formula is C11H19ClN2OS. The Hall–Kier alpha value is -0.580. The molecule has 1 atom stereocenters. The van der Waals surface area contributed by atoms with Gasteiger partial charge >= 0.3 is 0 Å². The van der Waals surface area contributed by atoms with Gasteiger partial charge in [0.2, 0.25) is 5.91 Å². The molecule has 5 heteroatoms. The average Bonchev–Trinajstić information content (AvgIpc) is 2.68. The minimum absolute atomic E-state index is 0. The van der Waals surface area contributed by atoms with Crippen molar-refractivity contribution in [2.45, 2.75) is 32.2 Å². The van der Waals surface area contributed by atoms with Gasteiger partial charge < -0.3 is 11.1 Å². The molecule has 1 rings (SSSR count). The Labute approximate surface area is 107 Å². The molecule has 1 aromatic rings. The van der Waals surface area contributed by atoms with Crippen molar-refractivity contribution in [3.63, 3.8) is 0 Å². The van der Waals surface area contributed by atoms with Crippen molar-refractivity contribution in [2.75, 3.05) is 6.54 Å². The number of thiophene rings is 1. The monoisotopic (exact) mass is 262 g/mol. The molecule has 0 fully saturated rings. The maximum absolute atomic E-state index is 11.9. The van der Waals surface area contributed by atoms with E-state index < -0.39 is 0 Å². The van der Waals surface area contributed by atoms with Gasteiger partial charge in [0.25, 0.3) is 0 Å². The zero-order valence-electron chi connectivity index (χ0n) is 9.82.